The number of benzene rings is 2. The van der Waals surface area contributed by atoms with E-state index in [-0.39, 0.29) is 11.4 Å². The van der Waals surface area contributed by atoms with Crippen LogP contribution < -0.4 is 14.8 Å². The minimum absolute atomic E-state index is 0.0881. The highest BCUT2D eigenvalue weighted by Gasteiger charge is 2.17. The van der Waals surface area contributed by atoms with Crippen LogP contribution in [0, 0.1) is 20.8 Å². The standard InChI is InChI=1S/C18H22N2O4S/c1-12-5-7-16(13(2)9-12)20-18(21)11-19-25(22,23)15-6-8-17(24-4)14(3)10-15/h5-10,19H,11H2,1-4H3,(H,20,21). The van der Waals surface area contributed by atoms with Crippen molar-refractivity contribution in [3.63, 3.8) is 0 Å². The molecule has 0 radical (unpaired) electrons. The van der Waals surface area contributed by atoms with Crippen molar-refractivity contribution < 1.29 is 17.9 Å². The molecule has 0 spiro atoms. The lowest BCUT2D eigenvalue weighted by Crippen LogP contribution is -2.33. The highest BCUT2D eigenvalue weighted by Crippen LogP contribution is 2.21. The van der Waals surface area contributed by atoms with Gasteiger partial charge in [0, 0.05) is 5.69 Å². The number of carbonyl (C=O) groups is 1. The van der Waals surface area contributed by atoms with Gasteiger partial charge in [-0.3, -0.25) is 4.79 Å². The van der Waals surface area contributed by atoms with Crippen LogP contribution in [0.15, 0.2) is 41.3 Å². The summed E-state index contributed by atoms with van der Waals surface area (Å²) >= 11 is 0. The maximum atomic E-state index is 12.3. The zero-order valence-electron chi connectivity index (χ0n) is 14.7. The van der Waals surface area contributed by atoms with Crippen molar-refractivity contribution in [2.75, 3.05) is 19.0 Å². The van der Waals surface area contributed by atoms with Crippen molar-refractivity contribution in [1.29, 1.82) is 0 Å². The lowest BCUT2D eigenvalue weighted by atomic mass is 10.1. The molecule has 2 aromatic rings. The van der Waals surface area contributed by atoms with Gasteiger partial charge in [0.05, 0.1) is 18.6 Å². The van der Waals surface area contributed by atoms with Crippen LogP contribution in [-0.4, -0.2) is 28.0 Å². The number of ether oxygens (including phenoxy) is 1. The predicted molar refractivity (Wildman–Crippen MR) is 97.5 cm³/mol. The molecule has 1 amide bonds. The molecule has 134 valence electrons. The Morgan fingerprint density at radius 2 is 1.76 bits per heavy atom. The van der Waals surface area contributed by atoms with E-state index in [1.54, 1.807) is 19.1 Å². The molecule has 0 aliphatic carbocycles. The number of carbonyl (C=O) groups excluding carboxylic acids is 1. The summed E-state index contributed by atoms with van der Waals surface area (Å²) in [5.74, 6) is 0.173. The van der Waals surface area contributed by atoms with Gasteiger partial charge in [0.1, 0.15) is 5.75 Å². The summed E-state index contributed by atoms with van der Waals surface area (Å²) in [6.07, 6.45) is 0. The normalized spacial score (nSPS) is 11.2. The number of hydrogen-bond acceptors (Lipinski definition) is 4. The Morgan fingerprint density at radius 3 is 2.36 bits per heavy atom. The Morgan fingerprint density at radius 1 is 1.04 bits per heavy atom. The second-order valence-corrected chi connectivity index (χ2v) is 7.59. The van der Waals surface area contributed by atoms with E-state index in [0.717, 1.165) is 11.1 Å². The summed E-state index contributed by atoms with van der Waals surface area (Å²) in [7, 11) is -2.26. The van der Waals surface area contributed by atoms with Crippen LogP contribution in [-0.2, 0) is 14.8 Å². The molecule has 0 atom stereocenters. The van der Waals surface area contributed by atoms with Crippen LogP contribution in [0.5, 0.6) is 5.75 Å². The maximum absolute atomic E-state index is 12.3. The van der Waals surface area contributed by atoms with E-state index in [4.69, 9.17) is 4.74 Å². The first-order chi connectivity index (χ1) is 11.7. The highest BCUT2D eigenvalue weighted by molar-refractivity contribution is 7.89. The number of aryl methyl sites for hydroxylation is 3. The summed E-state index contributed by atoms with van der Waals surface area (Å²) in [6.45, 7) is 5.25. The van der Waals surface area contributed by atoms with E-state index in [1.807, 2.05) is 26.0 Å². The van der Waals surface area contributed by atoms with Gasteiger partial charge >= 0.3 is 0 Å². The Bertz CT molecular complexity index is 892. The SMILES string of the molecule is COc1ccc(S(=O)(=O)NCC(=O)Nc2ccc(C)cc2C)cc1C. The lowest BCUT2D eigenvalue weighted by molar-refractivity contribution is -0.115. The minimum atomic E-state index is -3.78. The first-order valence-corrected chi connectivity index (χ1v) is 9.22. The van der Waals surface area contributed by atoms with Crippen molar-refractivity contribution in [3.05, 3.63) is 53.1 Å². The van der Waals surface area contributed by atoms with Crippen molar-refractivity contribution in [2.24, 2.45) is 0 Å². The number of anilines is 1. The van der Waals surface area contributed by atoms with E-state index in [2.05, 4.69) is 10.0 Å². The van der Waals surface area contributed by atoms with E-state index in [1.165, 1.54) is 19.2 Å². The molecule has 0 fully saturated rings. The molecule has 2 N–H and O–H groups in total. The minimum Gasteiger partial charge on any atom is -0.496 e. The van der Waals surface area contributed by atoms with Gasteiger partial charge in [-0.05, 0) is 56.2 Å². The van der Waals surface area contributed by atoms with Crippen LogP contribution in [0.2, 0.25) is 0 Å². The molecule has 25 heavy (non-hydrogen) atoms. The fourth-order valence-corrected chi connectivity index (χ4v) is 3.48. The van der Waals surface area contributed by atoms with Crippen LogP contribution >= 0.6 is 0 Å². The highest BCUT2D eigenvalue weighted by atomic mass is 32.2. The van der Waals surface area contributed by atoms with Gasteiger partial charge in [0.15, 0.2) is 0 Å². The summed E-state index contributed by atoms with van der Waals surface area (Å²) in [6, 6.07) is 10.1. The van der Waals surface area contributed by atoms with Crippen molar-refractivity contribution >= 4 is 21.6 Å². The molecular weight excluding hydrogens is 340 g/mol. The molecule has 0 aliphatic rings. The van der Waals surface area contributed by atoms with Crippen molar-refractivity contribution in [3.8, 4) is 5.75 Å². The second-order valence-electron chi connectivity index (χ2n) is 5.82. The molecule has 0 bridgehead atoms. The van der Waals surface area contributed by atoms with E-state index >= 15 is 0 Å². The van der Waals surface area contributed by atoms with Gasteiger partial charge in [0.2, 0.25) is 15.9 Å². The number of amides is 1. The molecule has 7 heteroatoms. The molecule has 0 unspecified atom stereocenters. The lowest BCUT2D eigenvalue weighted by Gasteiger charge is -2.11. The van der Waals surface area contributed by atoms with E-state index in [0.29, 0.717) is 17.0 Å². The number of methoxy groups -OCH3 is 1. The first kappa shape index (κ1) is 19.0. The quantitative estimate of drug-likeness (QED) is 0.827. The number of sulfonamides is 1. The number of rotatable bonds is 6. The largest absolute Gasteiger partial charge is 0.496 e. The van der Waals surface area contributed by atoms with Gasteiger partial charge in [0.25, 0.3) is 0 Å². The number of hydrogen-bond donors (Lipinski definition) is 2. The molecule has 0 saturated carbocycles. The fourth-order valence-electron chi connectivity index (χ4n) is 2.41. The average molecular weight is 362 g/mol. The van der Waals surface area contributed by atoms with Gasteiger partial charge in [-0.25, -0.2) is 13.1 Å². The third-order valence-corrected chi connectivity index (χ3v) is 5.15. The van der Waals surface area contributed by atoms with Crippen molar-refractivity contribution in [1.82, 2.24) is 4.72 Å². The second kappa shape index (κ2) is 7.67. The van der Waals surface area contributed by atoms with Gasteiger partial charge in [-0.1, -0.05) is 17.7 Å². The van der Waals surface area contributed by atoms with Crippen LogP contribution in [0.25, 0.3) is 0 Å². The Kier molecular flexibility index (Phi) is 5.81. The molecular formula is C18H22N2O4S. The van der Waals surface area contributed by atoms with Gasteiger partial charge in [-0.2, -0.15) is 0 Å². The third kappa shape index (κ3) is 4.80. The van der Waals surface area contributed by atoms with E-state index < -0.39 is 15.9 Å². The summed E-state index contributed by atoms with van der Waals surface area (Å²) in [5.41, 5.74) is 3.37. The summed E-state index contributed by atoms with van der Waals surface area (Å²) < 4.78 is 32.1. The monoisotopic (exact) mass is 362 g/mol. The zero-order chi connectivity index (χ0) is 18.6. The van der Waals surface area contributed by atoms with E-state index in [9.17, 15) is 13.2 Å². The fraction of sp³-hybridized carbons (Fsp3) is 0.278. The third-order valence-electron chi connectivity index (χ3n) is 3.76. The first-order valence-electron chi connectivity index (χ1n) is 7.74. The number of nitrogens with one attached hydrogen (secondary N) is 2. The summed E-state index contributed by atoms with van der Waals surface area (Å²) in [5, 5.41) is 2.71. The zero-order valence-corrected chi connectivity index (χ0v) is 15.5. The molecule has 0 saturated heterocycles. The average Bonchev–Trinajstić information content (AvgIpc) is 2.55. The summed E-state index contributed by atoms with van der Waals surface area (Å²) in [4.78, 5) is 12.1. The molecule has 0 aliphatic heterocycles. The topological polar surface area (TPSA) is 84.5 Å². The Hall–Kier alpha value is -2.38. The molecule has 2 aromatic carbocycles. The van der Waals surface area contributed by atoms with Gasteiger partial charge in [-0.15, -0.1) is 0 Å². The van der Waals surface area contributed by atoms with Crippen LogP contribution in [0.1, 0.15) is 16.7 Å². The Balaban J connectivity index is 2.03. The molecule has 0 aromatic heterocycles. The Labute approximate surface area is 148 Å². The van der Waals surface area contributed by atoms with Crippen molar-refractivity contribution in [2.45, 2.75) is 25.7 Å². The molecule has 6 nitrogen and oxygen atoms in total. The smallest absolute Gasteiger partial charge is 0.241 e. The van der Waals surface area contributed by atoms with Gasteiger partial charge < -0.3 is 10.1 Å². The molecule has 0 heterocycles. The maximum Gasteiger partial charge on any atom is 0.241 e. The predicted octanol–water partition coefficient (Wildman–Crippen LogP) is 2.54. The van der Waals surface area contributed by atoms with Crippen LogP contribution in [0.4, 0.5) is 5.69 Å². The molecule has 2 rings (SSSR count). The van der Waals surface area contributed by atoms with Crippen LogP contribution in [0.3, 0.4) is 0 Å².